The lowest BCUT2D eigenvalue weighted by molar-refractivity contribution is 0.524. The molecular formula is C16H20. The lowest BCUT2D eigenvalue weighted by Crippen LogP contribution is -2.02. The molecule has 84 valence electrons. The highest BCUT2D eigenvalue weighted by molar-refractivity contribution is 5.28. The van der Waals surface area contributed by atoms with Gasteiger partial charge in [-0.1, -0.05) is 49.8 Å². The Kier molecular flexibility index (Phi) is 4.03. The molecule has 3 atom stereocenters. The number of rotatable bonds is 3. The highest BCUT2D eigenvalue weighted by Gasteiger charge is 2.58. The van der Waals surface area contributed by atoms with Crippen LogP contribution >= 0.6 is 0 Å². The minimum atomic E-state index is 0.0798. The van der Waals surface area contributed by atoms with Crippen molar-refractivity contribution in [3.05, 3.63) is 24.8 Å². The lowest BCUT2D eigenvalue weighted by atomic mass is 9.98. The lowest BCUT2D eigenvalue weighted by Gasteiger charge is -2.04. The summed E-state index contributed by atoms with van der Waals surface area (Å²) >= 11 is 0. The molecule has 1 aliphatic rings. The van der Waals surface area contributed by atoms with E-state index in [2.05, 4.69) is 57.3 Å². The number of hydrogen-bond donors (Lipinski definition) is 0. The Morgan fingerprint density at radius 2 is 2.19 bits per heavy atom. The first-order chi connectivity index (χ1) is 7.59. The van der Waals surface area contributed by atoms with Crippen molar-refractivity contribution in [2.24, 2.45) is 23.2 Å². The van der Waals surface area contributed by atoms with E-state index in [1.807, 2.05) is 6.08 Å². The number of hydrogen-bond acceptors (Lipinski definition) is 0. The molecule has 16 heavy (non-hydrogen) atoms. The van der Waals surface area contributed by atoms with Gasteiger partial charge in [0.05, 0.1) is 5.92 Å². The monoisotopic (exact) mass is 212 g/mol. The third kappa shape index (κ3) is 2.40. The molecule has 0 saturated heterocycles. The molecule has 0 N–H and O–H groups in total. The van der Waals surface area contributed by atoms with Crippen molar-refractivity contribution >= 4 is 0 Å². The fraction of sp³-hybridized carbons (Fsp3) is 0.500. The van der Waals surface area contributed by atoms with Crippen molar-refractivity contribution in [3.63, 3.8) is 0 Å². The van der Waals surface area contributed by atoms with Gasteiger partial charge in [0.2, 0.25) is 0 Å². The van der Waals surface area contributed by atoms with Crippen molar-refractivity contribution in [2.45, 2.75) is 27.2 Å². The minimum Gasteiger partial charge on any atom is -0.119 e. The van der Waals surface area contributed by atoms with Crippen LogP contribution in [0.15, 0.2) is 24.8 Å². The van der Waals surface area contributed by atoms with E-state index in [-0.39, 0.29) is 5.92 Å². The van der Waals surface area contributed by atoms with Crippen LogP contribution in [0.4, 0.5) is 0 Å². The van der Waals surface area contributed by atoms with Crippen LogP contribution in [-0.2, 0) is 0 Å². The molecule has 0 spiro atoms. The number of terminal acetylenes is 1. The standard InChI is InChI=1S/C16H20/c1-6-9-10-12-13(8-3)15-14(11-7-2)16(15,4)5/h3,6-7,11,13-15H,1,9H2,2,4-5H3. The molecule has 1 rings (SSSR count). The molecule has 0 heteroatoms. The van der Waals surface area contributed by atoms with Crippen LogP contribution in [0.1, 0.15) is 27.2 Å². The van der Waals surface area contributed by atoms with Crippen LogP contribution in [0.25, 0.3) is 0 Å². The summed E-state index contributed by atoms with van der Waals surface area (Å²) in [6, 6.07) is 0. The summed E-state index contributed by atoms with van der Waals surface area (Å²) in [7, 11) is 0. The zero-order valence-electron chi connectivity index (χ0n) is 10.5. The highest BCUT2D eigenvalue weighted by Crippen LogP contribution is 2.62. The van der Waals surface area contributed by atoms with Crippen LogP contribution < -0.4 is 0 Å². The van der Waals surface area contributed by atoms with E-state index in [1.54, 1.807) is 0 Å². The summed E-state index contributed by atoms with van der Waals surface area (Å²) in [5.74, 6) is 10.2. The third-order valence-corrected chi connectivity index (χ3v) is 3.44. The fourth-order valence-corrected chi connectivity index (χ4v) is 2.41. The maximum absolute atomic E-state index is 5.57. The average molecular weight is 212 g/mol. The highest BCUT2D eigenvalue weighted by atomic mass is 14.6. The van der Waals surface area contributed by atoms with E-state index in [0.29, 0.717) is 17.3 Å². The Hall–Kier alpha value is -1.40. The predicted octanol–water partition coefficient (Wildman–Crippen LogP) is 3.66. The van der Waals surface area contributed by atoms with Gasteiger partial charge < -0.3 is 0 Å². The van der Waals surface area contributed by atoms with Crippen LogP contribution in [0.2, 0.25) is 0 Å². The second kappa shape index (κ2) is 5.09. The molecule has 3 unspecified atom stereocenters. The second-order valence-corrected chi connectivity index (χ2v) is 4.86. The Bertz CT molecular complexity index is 378. The Morgan fingerprint density at radius 3 is 2.69 bits per heavy atom. The molecule has 0 aromatic carbocycles. The van der Waals surface area contributed by atoms with Gasteiger partial charge in [-0.05, 0) is 24.2 Å². The number of allylic oxidation sites excluding steroid dienone is 3. The van der Waals surface area contributed by atoms with Crippen LogP contribution in [-0.4, -0.2) is 0 Å². The zero-order valence-corrected chi connectivity index (χ0v) is 10.5. The normalized spacial score (nSPS) is 27.6. The second-order valence-electron chi connectivity index (χ2n) is 4.86. The van der Waals surface area contributed by atoms with E-state index >= 15 is 0 Å². The smallest absolute Gasteiger partial charge is 0.0848 e. The van der Waals surface area contributed by atoms with E-state index < -0.39 is 0 Å². The third-order valence-electron chi connectivity index (χ3n) is 3.44. The predicted molar refractivity (Wildman–Crippen MR) is 70.5 cm³/mol. The fourth-order valence-electron chi connectivity index (χ4n) is 2.41. The Labute approximate surface area is 99.8 Å². The van der Waals surface area contributed by atoms with Crippen molar-refractivity contribution in [2.75, 3.05) is 0 Å². The van der Waals surface area contributed by atoms with E-state index in [0.717, 1.165) is 6.42 Å². The topological polar surface area (TPSA) is 0 Å². The van der Waals surface area contributed by atoms with Gasteiger partial charge in [0.1, 0.15) is 0 Å². The van der Waals surface area contributed by atoms with Crippen LogP contribution in [0.3, 0.4) is 0 Å². The summed E-state index contributed by atoms with van der Waals surface area (Å²) in [5, 5.41) is 0. The molecule has 0 aliphatic heterocycles. The first-order valence-corrected chi connectivity index (χ1v) is 5.77. The molecular weight excluding hydrogens is 192 g/mol. The van der Waals surface area contributed by atoms with Crippen molar-refractivity contribution in [1.82, 2.24) is 0 Å². The summed E-state index contributed by atoms with van der Waals surface area (Å²) in [5.41, 5.74) is 0.298. The molecule has 0 amide bonds. The van der Waals surface area contributed by atoms with E-state index in [4.69, 9.17) is 6.42 Å². The van der Waals surface area contributed by atoms with Gasteiger partial charge in [-0.3, -0.25) is 0 Å². The molecule has 1 saturated carbocycles. The van der Waals surface area contributed by atoms with Crippen LogP contribution in [0, 0.1) is 47.4 Å². The summed E-state index contributed by atoms with van der Waals surface area (Å²) in [6.45, 7) is 10.2. The first-order valence-electron chi connectivity index (χ1n) is 5.77. The molecule has 0 radical (unpaired) electrons. The Balaban J connectivity index is 2.75. The maximum atomic E-state index is 5.57. The SMILES string of the molecule is C#CC(C#CCC=C)C1C(C=CC)C1(C)C. The van der Waals surface area contributed by atoms with Crippen molar-refractivity contribution in [3.8, 4) is 24.2 Å². The largest absolute Gasteiger partial charge is 0.119 e. The average Bonchev–Trinajstić information content (AvgIpc) is 2.77. The summed E-state index contributed by atoms with van der Waals surface area (Å²) < 4.78 is 0. The molecule has 1 aliphatic carbocycles. The van der Waals surface area contributed by atoms with Crippen LogP contribution in [0.5, 0.6) is 0 Å². The van der Waals surface area contributed by atoms with Gasteiger partial charge >= 0.3 is 0 Å². The minimum absolute atomic E-state index is 0.0798. The molecule has 0 heterocycles. The van der Waals surface area contributed by atoms with E-state index in [1.165, 1.54) is 0 Å². The zero-order chi connectivity index (χ0) is 12.2. The molecule has 0 nitrogen and oxygen atoms in total. The van der Waals surface area contributed by atoms with Gasteiger partial charge in [-0.25, -0.2) is 0 Å². The van der Waals surface area contributed by atoms with Gasteiger partial charge in [0.25, 0.3) is 0 Å². The summed E-state index contributed by atoms with van der Waals surface area (Å²) in [4.78, 5) is 0. The van der Waals surface area contributed by atoms with Gasteiger partial charge in [-0.2, -0.15) is 0 Å². The molecule has 0 aromatic rings. The molecule has 1 fully saturated rings. The van der Waals surface area contributed by atoms with Gasteiger partial charge in [-0.15, -0.1) is 13.0 Å². The van der Waals surface area contributed by atoms with Gasteiger partial charge in [0, 0.05) is 6.42 Å². The van der Waals surface area contributed by atoms with Crippen molar-refractivity contribution < 1.29 is 0 Å². The summed E-state index contributed by atoms with van der Waals surface area (Å²) in [6.07, 6.45) is 12.5. The first kappa shape index (κ1) is 12.7. The molecule has 0 aromatic heterocycles. The molecule has 0 bridgehead atoms. The van der Waals surface area contributed by atoms with Crippen molar-refractivity contribution in [1.29, 1.82) is 0 Å². The quantitative estimate of drug-likeness (QED) is 0.494. The van der Waals surface area contributed by atoms with E-state index in [9.17, 15) is 0 Å². The maximum Gasteiger partial charge on any atom is 0.0848 e. The Morgan fingerprint density at radius 1 is 1.50 bits per heavy atom. The van der Waals surface area contributed by atoms with Gasteiger partial charge in [0.15, 0.2) is 0 Å².